The van der Waals surface area contributed by atoms with Crippen molar-refractivity contribution in [2.75, 3.05) is 6.54 Å². The minimum absolute atomic E-state index is 0.120. The third-order valence-electron chi connectivity index (χ3n) is 6.49. The number of aryl methyl sites for hydroxylation is 2. The van der Waals surface area contributed by atoms with E-state index in [1.165, 1.54) is 5.56 Å². The molecule has 1 atom stereocenters. The topological polar surface area (TPSA) is 81.9 Å². The summed E-state index contributed by atoms with van der Waals surface area (Å²) in [7, 11) is 0. The summed E-state index contributed by atoms with van der Waals surface area (Å²) in [5.41, 5.74) is 5.57. The highest BCUT2D eigenvalue weighted by Gasteiger charge is 2.25. The molecule has 3 aromatic carbocycles. The minimum Gasteiger partial charge on any atom is -0.488 e. The number of hydrogen-bond acceptors (Lipinski definition) is 5. The summed E-state index contributed by atoms with van der Waals surface area (Å²) >= 11 is 0. The van der Waals surface area contributed by atoms with Gasteiger partial charge < -0.3 is 10.1 Å². The highest BCUT2D eigenvalue weighted by atomic mass is 16.5. The SMILES string of the molecule is Cc1cc(C)n(-c2cccc(C(=O)NCC3Cc4c(ccc5cc(-c6ncccn6)ccc45)O3)c2)n1. The molecule has 0 fully saturated rings. The lowest BCUT2D eigenvalue weighted by atomic mass is 9.99. The summed E-state index contributed by atoms with van der Waals surface area (Å²) < 4.78 is 8.02. The number of aromatic nitrogens is 4. The zero-order chi connectivity index (χ0) is 24.6. The van der Waals surface area contributed by atoms with E-state index in [0.29, 0.717) is 17.9 Å². The summed E-state index contributed by atoms with van der Waals surface area (Å²) in [5.74, 6) is 1.45. The number of ether oxygens (including phenoxy) is 1. The van der Waals surface area contributed by atoms with Gasteiger partial charge in [0.05, 0.1) is 17.9 Å². The van der Waals surface area contributed by atoms with Crippen LogP contribution in [0.2, 0.25) is 0 Å². The van der Waals surface area contributed by atoms with Gasteiger partial charge in [-0.15, -0.1) is 0 Å². The van der Waals surface area contributed by atoms with E-state index in [1.54, 1.807) is 12.4 Å². The Hall–Kier alpha value is -4.52. The molecule has 1 aliphatic heterocycles. The lowest BCUT2D eigenvalue weighted by Crippen LogP contribution is -2.34. The van der Waals surface area contributed by atoms with Crippen molar-refractivity contribution in [1.29, 1.82) is 0 Å². The average molecular weight is 476 g/mol. The van der Waals surface area contributed by atoms with Crippen molar-refractivity contribution in [3.8, 4) is 22.8 Å². The van der Waals surface area contributed by atoms with Crippen LogP contribution in [0.1, 0.15) is 27.3 Å². The minimum atomic E-state index is -0.129. The van der Waals surface area contributed by atoms with Crippen LogP contribution in [0.3, 0.4) is 0 Å². The Morgan fingerprint density at radius 3 is 2.69 bits per heavy atom. The quantitative estimate of drug-likeness (QED) is 0.394. The molecule has 5 aromatic rings. The summed E-state index contributed by atoms with van der Waals surface area (Å²) in [6.45, 7) is 4.39. The van der Waals surface area contributed by atoms with Gasteiger partial charge >= 0.3 is 0 Å². The van der Waals surface area contributed by atoms with Gasteiger partial charge in [0.1, 0.15) is 11.9 Å². The Morgan fingerprint density at radius 1 is 1.03 bits per heavy atom. The fourth-order valence-electron chi connectivity index (χ4n) is 4.82. The maximum Gasteiger partial charge on any atom is 0.251 e. The molecule has 0 aliphatic carbocycles. The predicted molar refractivity (Wildman–Crippen MR) is 138 cm³/mol. The van der Waals surface area contributed by atoms with Crippen LogP contribution in [0.5, 0.6) is 5.75 Å². The standard InChI is InChI=1S/C29H25N5O2/c1-18-13-19(2)34(33-18)23-6-3-5-22(15-23)29(35)32-17-24-16-26-25-9-7-21(28-30-11-4-12-31-28)14-20(25)8-10-27(26)36-24/h3-15,24H,16-17H2,1-2H3,(H,32,35). The van der Waals surface area contributed by atoms with Crippen molar-refractivity contribution in [2.45, 2.75) is 26.4 Å². The van der Waals surface area contributed by atoms with E-state index in [0.717, 1.165) is 45.6 Å². The van der Waals surface area contributed by atoms with Crippen molar-refractivity contribution < 1.29 is 9.53 Å². The smallest absolute Gasteiger partial charge is 0.251 e. The third kappa shape index (κ3) is 4.09. The fourth-order valence-corrected chi connectivity index (χ4v) is 4.82. The molecule has 0 spiro atoms. The number of hydrogen-bond donors (Lipinski definition) is 1. The summed E-state index contributed by atoms with van der Waals surface area (Å²) in [6.07, 6.45) is 4.11. The Bertz CT molecular complexity index is 1590. The highest BCUT2D eigenvalue weighted by molar-refractivity contribution is 5.95. The molecule has 36 heavy (non-hydrogen) atoms. The van der Waals surface area contributed by atoms with Crippen LogP contribution in [-0.2, 0) is 6.42 Å². The van der Waals surface area contributed by atoms with Crippen LogP contribution in [0.15, 0.2) is 79.1 Å². The number of carbonyl (C=O) groups is 1. The Labute approximate surface area is 208 Å². The first-order valence-corrected chi connectivity index (χ1v) is 12.0. The molecule has 3 heterocycles. The number of nitrogens with zero attached hydrogens (tertiary/aromatic N) is 4. The first kappa shape index (κ1) is 22.0. The van der Waals surface area contributed by atoms with E-state index in [9.17, 15) is 4.79 Å². The molecule has 1 amide bonds. The van der Waals surface area contributed by atoms with Crippen LogP contribution >= 0.6 is 0 Å². The maximum atomic E-state index is 12.9. The van der Waals surface area contributed by atoms with Gasteiger partial charge in [0.25, 0.3) is 5.91 Å². The molecule has 1 unspecified atom stereocenters. The van der Waals surface area contributed by atoms with Crippen molar-refractivity contribution in [3.05, 3.63) is 102 Å². The van der Waals surface area contributed by atoms with Gasteiger partial charge in [0.15, 0.2) is 5.82 Å². The summed E-state index contributed by atoms with van der Waals surface area (Å²) in [4.78, 5) is 21.6. The van der Waals surface area contributed by atoms with E-state index in [1.807, 2.05) is 67.1 Å². The highest BCUT2D eigenvalue weighted by Crippen LogP contribution is 2.36. The summed E-state index contributed by atoms with van der Waals surface area (Å²) in [5, 5.41) is 9.83. The van der Waals surface area contributed by atoms with Crippen LogP contribution in [0, 0.1) is 13.8 Å². The zero-order valence-corrected chi connectivity index (χ0v) is 20.1. The van der Waals surface area contributed by atoms with Gasteiger partial charge in [-0.25, -0.2) is 14.6 Å². The number of rotatable bonds is 5. The van der Waals surface area contributed by atoms with Crippen molar-refractivity contribution in [1.82, 2.24) is 25.1 Å². The molecular formula is C29H25N5O2. The Balaban J connectivity index is 1.15. The van der Waals surface area contributed by atoms with E-state index in [-0.39, 0.29) is 12.0 Å². The molecule has 6 rings (SSSR count). The first-order chi connectivity index (χ1) is 17.5. The second kappa shape index (κ2) is 8.92. The third-order valence-corrected chi connectivity index (χ3v) is 6.49. The van der Waals surface area contributed by atoms with Crippen molar-refractivity contribution >= 4 is 16.7 Å². The van der Waals surface area contributed by atoms with Gasteiger partial charge in [-0.05, 0) is 67.1 Å². The maximum absolute atomic E-state index is 12.9. The average Bonchev–Trinajstić information content (AvgIpc) is 3.49. The van der Waals surface area contributed by atoms with E-state index >= 15 is 0 Å². The molecule has 0 saturated heterocycles. The Morgan fingerprint density at radius 2 is 1.89 bits per heavy atom. The lowest BCUT2D eigenvalue weighted by Gasteiger charge is -2.12. The van der Waals surface area contributed by atoms with Gasteiger partial charge in [-0.3, -0.25) is 4.79 Å². The molecule has 1 aliphatic rings. The van der Waals surface area contributed by atoms with Gasteiger partial charge in [-0.1, -0.05) is 24.3 Å². The van der Waals surface area contributed by atoms with Gasteiger partial charge in [-0.2, -0.15) is 5.10 Å². The Kier molecular flexibility index (Phi) is 5.45. The van der Waals surface area contributed by atoms with Crippen LogP contribution in [0.25, 0.3) is 27.8 Å². The molecular weight excluding hydrogens is 450 g/mol. The molecule has 0 bridgehead atoms. The fraction of sp³-hybridized carbons (Fsp3) is 0.172. The predicted octanol–water partition coefficient (Wildman–Crippen LogP) is 4.83. The van der Waals surface area contributed by atoms with E-state index in [4.69, 9.17) is 4.74 Å². The lowest BCUT2D eigenvalue weighted by molar-refractivity contribution is 0.0933. The number of nitrogens with one attached hydrogen (secondary N) is 1. The van der Waals surface area contributed by atoms with E-state index < -0.39 is 0 Å². The van der Waals surface area contributed by atoms with E-state index in [2.05, 4.69) is 38.6 Å². The van der Waals surface area contributed by atoms with Crippen LogP contribution in [-0.4, -0.2) is 38.3 Å². The molecule has 2 aromatic heterocycles. The van der Waals surface area contributed by atoms with Gasteiger partial charge in [0.2, 0.25) is 0 Å². The molecule has 0 radical (unpaired) electrons. The second-order valence-corrected chi connectivity index (χ2v) is 9.09. The largest absolute Gasteiger partial charge is 0.488 e. The zero-order valence-electron chi connectivity index (χ0n) is 20.1. The molecule has 0 saturated carbocycles. The molecule has 1 N–H and O–H groups in total. The normalized spacial score (nSPS) is 14.4. The number of fused-ring (bicyclic) bond motifs is 3. The second-order valence-electron chi connectivity index (χ2n) is 9.09. The number of benzene rings is 3. The molecule has 7 heteroatoms. The summed E-state index contributed by atoms with van der Waals surface area (Å²) in [6, 6.07) is 21.7. The van der Waals surface area contributed by atoms with Crippen molar-refractivity contribution in [3.63, 3.8) is 0 Å². The van der Waals surface area contributed by atoms with Gasteiger partial charge in [0, 0.05) is 41.2 Å². The first-order valence-electron chi connectivity index (χ1n) is 12.0. The number of amides is 1. The monoisotopic (exact) mass is 475 g/mol. The van der Waals surface area contributed by atoms with Crippen LogP contribution < -0.4 is 10.1 Å². The molecule has 178 valence electrons. The van der Waals surface area contributed by atoms with Crippen LogP contribution in [0.4, 0.5) is 0 Å². The van der Waals surface area contributed by atoms with Crippen molar-refractivity contribution in [2.24, 2.45) is 0 Å². The molecule has 7 nitrogen and oxygen atoms in total. The number of carbonyl (C=O) groups excluding carboxylic acids is 1.